The van der Waals surface area contributed by atoms with Gasteiger partial charge >= 0.3 is 5.97 Å². The van der Waals surface area contributed by atoms with Gasteiger partial charge in [0.2, 0.25) is 0 Å². The van der Waals surface area contributed by atoms with Gasteiger partial charge in [-0.05, 0) is 34.0 Å². The van der Waals surface area contributed by atoms with Crippen LogP contribution in [0.1, 0.15) is 15.9 Å². The molecule has 0 unspecified atom stereocenters. The molecule has 1 aliphatic heterocycles. The first kappa shape index (κ1) is 9.45. The molecule has 1 aromatic rings. The van der Waals surface area contributed by atoms with Gasteiger partial charge in [-0.1, -0.05) is 0 Å². The van der Waals surface area contributed by atoms with E-state index < -0.39 is 11.8 Å². The molecule has 2 N–H and O–H groups in total. The molecule has 14 heavy (non-hydrogen) atoms. The standard InChI is InChI=1S/C9H7BrFNO2/c10-5-3-4-1-2-12-8(4)6(7(5)11)9(13)14/h3,12H,1-2H2,(H,13,14). The minimum Gasteiger partial charge on any atom is -0.478 e. The molecule has 1 aliphatic rings. The van der Waals surface area contributed by atoms with Crippen molar-refractivity contribution >= 4 is 27.6 Å². The molecule has 0 amide bonds. The van der Waals surface area contributed by atoms with Gasteiger partial charge < -0.3 is 10.4 Å². The Morgan fingerprint density at radius 3 is 3.00 bits per heavy atom. The molecule has 0 fully saturated rings. The molecule has 0 atom stereocenters. The van der Waals surface area contributed by atoms with E-state index >= 15 is 0 Å². The van der Waals surface area contributed by atoms with Crippen molar-refractivity contribution in [1.29, 1.82) is 0 Å². The van der Waals surface area contributed by atoms with Crippen LogP contribution in [0.3, 0.4) is 0 Å². The van der Waals surface area contributed by atoms with Crippen molar-refractivity contribution in [3.63, 3.8) is 0 Å². The first-order chi connectivity index (χ1) is 6.61. The van der Waals surface area contributed by atoms with Gasteiger partial charge in [-0.15, -0.1) is 0 Å². The van der Waals surface area contributed by atoms with Gasteiger partial charge in [-0.3, -0.25) is 0 Å². The Balaban J connectivity index is 2.72. The van der Waals surface area contributed by atoms with E-state index in [1.165, 1.54) is 0 Å². The Bertz CT molecular complexity index is 420. The molecule has 0 saturated heterocycles. The van der Waals surface area contributed by atoms with Crippen LogP contribution in [0.15, 0.2) is 10.5 Å². The molecular formula is C9H7BrFNO2. The van der Waals surface area contributed by atoms with E-state index in [1.807, 2.05) is 0 Å². The fourth-order valence-electron chi connectivity index (χ4n) is 1.60. The molecule has 0 saturated carbocycles. The third-order valence-corrected chi connectivity index (χ3v) is 2.79. The highest BCUT2D eigenvalue weighted by atomic mass is 79.9. The maximum atomic E-state index is 13.4. The van der Waals surface area contributed by atoms with E-state index in [0.29, 0.717) is 12.2 Å². The number of aromatic carboxylic acids is 1. The summed E-state index contributed by atoms with van der Waals surface area (Å²) >= 11 is 3.00. The first-order valence-electron chi connectivity index (χ1n) is 4.09. The van der Waals surface area contributed by atoms with Crippen molar-refractivity contribution in [2.75, 3.05) is 11.9 Å². The Morgan fingerprint density at radius 2 is 2.36 bits per heavy atom. The second-order valence-corrected chi connectivity index (χ2v) is 3.92. The van der Waals surface area contributed by atoms with E-state index in [2.05, 4.69) is 21.2 Å². The lowest BCUT2D eigenvalue weighted by atomic mass is 10.1. The smallest absolute Gasteiger partial charge is 0.340 e. The first-order valence-corrected chi connectivity index (χ1v) is 4.88. The largest absolute Gasteiger partial charge is 0.478 e. The molecule has 0 radical (unpaired) electrons. The molecule has 0 aromatic heterocycles. The van der Waals surface area contributed by atoms with E-state index in [-0.39, 0.29) is 10.0 Å². The minimum atomic E-state index is -1.24. The summed E-state index contributed by atoms with van der Waals surface area (Å²) in [5, 5.41) is 11.7. The van der Waals surface area contributed by atoms with Crippen LogP contribution in [0, 0.1) is 5.82 Å². The highest BCUT2D eigenvalue weighted by Crippen LogP contribution is 2.33. The summed E-state index contributed by atoms with van der Waals surface area (Å²) in [6, 6.07) is 1.62. The van der Waals surface area contributed by atoms with Crippen molar-refractivity contribution in [3.05, 3.63) is 27.5 Å². The van der Waals surface area contributed by atoms with Crippen LogP contribution in [0.5, 0.6) is 0 Å². The summed E-state index contributed by atoms with van der Waals surface area (Å²) in [6.07, 6.45) is 0.731. The lowest BCUT2D eigenvalue weighted by Gasteiger charge is -2.07. The summed E-state index contributed by atoms with van der Waals surface area (Å²) < 4.78 is 13.6. The number of anilines is 1. The summed E-state index contributed by atoms with van der Waals surface area (Å²) in [5.41, 5.74) is 0.987. The maximum Gasteiger partial charge on any atom is 0.340 e. The number of benzene rings is 1. The fraction of sp³-hybridized carbons (Fsp3) is 0.222. The number of hydrogen-bond acceptors (Lipinski definition) is 2. The molecular weight excluding hydrogens is 253 g/mol. The zero-order valence-corrected chi connectivity index (χ0v) is 8.69. The number of carboxylic acid groups (broad SMARTS) is 1. The fourth-order valence-corrected chi connectivity index (χ4v) is 2.07. The normalized spacial score (nSPS) is 13.6. The predicted octanol–water partition coefficient (Wildman–Crippen LogP) is 2.25. The summed E-state index contributed by atoms with van der Waals surface area (Å²) in [5.74, 6) is -1.96. The molecule has 2 rings (SSSR count). The summed E-state index contributed by atoms with van der Waals surface area (Å²) in [4.78, 5) is 10.8. The quantitative estimate of drug-likeness (QED) is 0.814. The van der Waals surface area contributed by atoms with Crippen molar-refractivity contribution in [3.8, 4) is 0 Å². The Labute approximate surface area is 88.1 Å². The van der Waals surface area contributed by atoms with Gasteiger partial charge in [0.15, 0.2) is 5.82 Å². The Morgan fingerprint density at radius 1 is 1.64 bits per heavy atom. The van der Waals surface area contributed by atoms with Crippen molar-refractivity contribution < 1.29 is 14.3 Å². The number of hydrogen-bond donors (Lipinski definition) is 2. The molecule has 74 valence electrons. The topological polar surface area (TPSA) is 49.3 Å². The van der Waals surface area contributed by atoms with E-state index in [0.717, 1.165) is 12.0 Å². The lowest BCUT2D eigenvalue weighted by Crippen LogP contribution is -2.06. The van der Waals surface area contributed by atoms with Gasteiger partial charge in [-0.25, -0.2) is 9.18 Å². The minimum absolute atomic E-state index is 0.206. The zero-order valence-electron chi connectivity index (χ0n) is 7.10. The third-order valence-electron chi connectivity index (χ3n) is 2.21. The van der Waals surface area contributed by atoms with Crippen LogP contribution >= 0.6 is 15.9 Å². The van der Waals surface area contributed by atoms with Crippen LogP contribution in [0.25, 0.3) is 0 Å². The van der Waals surface area contributed by atoms with Gasteiger partial charge in [0, 0.05) is 6.54 Å². The summed E-state index contributed by atoms with van der Waals surface area (Å²) in [6.45, 7) is 0.658. The van der Waals surface area contributed by atoms with Gasteiger partial charge in [0.1, 0.15) is 5.56 Å². The van der Waals surface area contributed by atoms with Crippen LogP contribution in [-0.4, -0.2) is 17.6 Å². The van der Waals surface area contributed by atoms with Gasteiger partial charge in [0.05, 0.1) is 10.2 Å². The van der Waals surface area contributed by atoms with Crippen LogP contribution in [0.4, 0.5) is 10.1 Å². The van der Waals surface area contributed by atoms with Gasteiger partial charge in [0.25, 0.3) is 0 Å². The predicted molar refractivity (Wildman–Crippen MR) is 53.3 cm³/mol. The molecule has 1 aromatic carbocycles. The van der Waals surface area contributed by atoms with E-state index in [9.17, 15) is 9.18 Å². The molecule has 1 heterocycles. The second kappa shape index (κ2) is 3.24. The van der Waals surface area contributed by atoms with Crippen LogP contribution in [-0.2, 0) is 6.42 Å². The van der Waals surface area contributed by atoms with E-state index in [4.69, 9.17) is 5.11 Å². The number of halogens is 2. The molecule has 0 aliphatic carbocycles. The molecule has 3 nitrogen and oxygen atoms in total. The average molecular weight is 260 g/mol. The molecule has 5 heteroatoms. The third kappa shape index (κ3) is 1.28. The number of carbonyl (C=O) groups is 1. The molecule has 0 bridgehead atoms. The van der Waals surface area contributed by atoms with Crippen molar-refractivity contribution in [1.82, 2.24) is 0 Å². The van der Waals surface area contributed by atoms with Crippen molar-refractivity contribution in [2.45, 2.75) is 6.42 Å². The maximum absolute atomic E-state index is 13.4. The number of rotatable bonds is 1. The number of nitrogens with one attached hydrogen (secondary N) is 1. The zero-order chi connectivity index (χ0) is 10.3. The monoisotopic (exact) mass is 259 g/mol. The van der Waals surface area contributed by atoms with Gasteiger partial charge in [-0.2, -0.15) is 0 Å². The van der Waals surface area contributed by atoms with Crippen LogP contribution < -0.4 is 5.32 Å². The summed E-state index contributed by atoms with van der Waals surface area (Å²) in [7, 11) is 0. The number of fused-ring (bicyclic) bond motifs is 1. The highest BCUT2D eigenvalue weighted by molar-refractivity contribution is 9.10. The lowest BCUT2D eigenvalue weighted by molar-refractivity contribution is 0.0693. The molecule has 0 spiro atoms. The average Bonchev–Trinajstić information content (AvgIpc) is 2.52. The Hall–Kier alpha value is -1.10. The second-order valence-electron chi connectivity index (χ2n) is 3.06. The van der Waals surface area contributed by atoms with Crippen LogP contribution in [0.2, 0.25) is 0 Å². The Kier molecular flexibility index (Phi) is 2.19. The van der Waals surface area contributed by atoms with E-state index in [1.54, 1.807) is 6.07 Å². The number of carboxylic acids is 1. The van der Waals surface area contributed by atoms with Crippen molar-refractivity contribution in [2.24, 2.45) is 0 Å². The highest BCUT2D eigenvalue weighted by Gasteiger charge is 2.24. The SMILES string of the molecule is O=C(O)c1c(F)c(Br)cc2c1NCC2.